The molecule has 0 fully saturated rings. The molecule has 0 aromatic heterocycles. The Morgan fingerprint density at radius 2 is 1.57 bits per heavy atom. The molecule has 35 heavy (non-hydrogen) atoms. The number of nitrogens with zero attached hydrogens (tertiary/aromatic N) is 1. The van der Waals surface area contributed by atoms with E-state index in [0.717, 1.165) is 0 Å². The molecule has 3 aromatic carbocycles. The van der Waals surface area contributed by atoms with Crippen molar-refractivity contribution >= 4 is 24.0 Å². The molecule has 8 nitrogen and oxygen atoms in total. The van der Waals surface area contributed by atoms with Gasteiger partial charge >= 0.3 is 5.97 Å². The lowest BCUT2D eigenvalue weighted by molar-refractivity contribution is -0.121. The summed E-state index contributed by atoms with van der Waals surface area (Å²) in [6.07, 6.45) is 2.17. The summed E-state index contributed by atoms with van der Waals surface area (Å²) in [6, 6.07) is 22.6. The minimum absolute atomic E-state index is 0.174. The van der Waals surface area contributed by atoms with Gasteiger partial charge in [0.1, 0.15) is 0 Å². The molecule has 0 unspecified atom stereocenters. The van der Waals surface area contributed by atoms with E-state index in [9.17, 15) is 14.4 Å². The number of ether oxygens (including phenoxy) is 2. The molecule has 180 valence electrons. The summed E-state index contributed by atoms with van der Waals surface area (Å²) >= 11 is 0. The van der Waals surface area contributed by atoms with Crippen LogP contribution < -0.4 is 20.2 Å². The third-order valence-corrected chi connectivity index (χ3v) is 4.78. The van der Waals surface area contributed by atoms with Gasteiger partial charge in [0, 0.05) is 18.5 Å². The topological polar surface area (TPSA) is 106 Å². The van der Waals surface area contributed by atoms with Crippen LogP contribution in [-0.2, 0) is 4.79 Å². The van der Waals surface area contributed by atoms with Crippen molar-refractivity contribution in [3.63, 3.8) is 0 Å². The van der Waals surface area contributed by atoms with Crippen LogP contribution in [0, 0.1) is 0 Å². The summed E-state index contributed by atoms with van der Waals surface area (Å²) < 4.78 is 11.1. The van der Waals surface area contributed by atoms with E-state index >= 15 is 0 Å². The second kappa shape index (κ2) is 13.3. The van der Waals surface area contributed by atoms with Gasteiger partial charge in [-0.25, -0.2) is 10.2 Å². The summed E-state index contributed by atoms with van der Waals surface area (Å²) in [4.78, 5) is 36.3. The van der Waals surface area contributed by atoms with Gasteiger partial charge in [-0.3, -0.25) is 9.59 Å². The van der Waals surface area contributed by atoms with Crippen LogP contribution in [0.2, 0.25) is 0 Å². The fourth-order valence-corrected chi connectivity index (χ4v) is 3.07. The van der Waals surface area contributed by atoms with Gasteiger partial charge in [-0.05, 0) is 61.4 Å². The van der Waals surface area contributed by atoms with E-state index in [4.69, 9.17) is 9.47 Å². The first-order valence-corrected chi connectivity index (χ1v) is 11.3. The molecule has 2 N–H and O–H groups in total. The number of rotatable bonds is 11. The van der Waals surface area contributed by atoms with E-state index in [0.29, 0.717) is 47.8 Å². The van der Waals surface area contributed by atoms with Crippen LogP contribution in [-0.4, -0.2) is 37.1 Å². The number of amides is 2. The van der Waals surface area contributed by atoms with Crippen LogP contribution in [0.3, 0.4) is 0 Å². The van der Waals surface area contributed by atoms with Gasteiger partial charge in [-0.1, -0.05) is 36.4 Å². The van der Waals surface area contributed by atoms with Crippen LogP contribution in [0.1, 0.15) is 46.0 Å². The molecule has 0 saturated carbocycles. The quantitative estimate of drug-likeness (QED) is 0.144. The predicted octanol–water partition coefficient (Wildman–Crippen LogP) is 3.96. The zero-order chi connectivity index (χ0) is 24.9. The molecule has 0 spiro atoms. The first kappa shape index (κ1) is 25.2. The van der Waals surface area contributed by atoms with Gasteiger partial charge < -0.3 is 14.8 Å². The van der Waals surface area contributed by atoms with E-state index in [1.807, 2.05) is 19.1 Å². The molecule has 3 rings (SSSR count). The Hall–Kier alpha value is -4.46. The summed E-state index contributed by atoms with van der Waals surface area (Å²) in [5, 5.41) is 6.74. The molecule has 3 aromatic rings. The molecular weight excluding hydrogens is 446 g/mol. The van der Waals surface area contributed by atoms with Gasteiger partial charge in [-0.15, -0.1) is 0 Å². The summed E-state index contributed by atoms with van der Waals surface area (Å²) in [6.45, 7) is 2.59. The van der Waals surface area contributed by atoms with Crippen LogP contribution >= 0.6 is 0 Å². The Bertz CT molecular complexity index is 1160. The van der Waals surface area contributed by atoms with E-state index in [1.165, 1.54) is 6.21 Å². The summed E-state index contributed by atoms with van der Waals surface area (Å²) in [5.74, 6) is -0.249. The van der Waals surface area contributed by atoms with Crippen molar-refractivity contribution in [2.45, 2.75) is 19.8 Å². The van der Waals surface area contributed by atoms with E-state index in [2.05, 4.69) is 15.8 Å². The van der Waals surface area contributed by atoms with E-state index in [-0.39, 0.29) is 18.2 Å². The highest BCUT2D eigenvalue weighted by Gasteiger charge is 2.13. The smallest absolute Gasteiger partial charge is 0.343 e. The molecule has 8 heteroatoms. The fraction of sp³-hybridized carbons (Fsp3) is 0.185. The number of esters is 1. The molecule has 2 amide bonds. The third-order valence-electron chi connectivity index (χ3n) is 4.78. The van der Waals surface area contributed by atoms with Gasteiger partial charge in [0.15, 0.2) is 11.5 Å². The van der Waals surface area contributed by atoms with Gasteiger partial charge in [0.2, 0.25) is 5.91 Å². The first-order chi connectivity index (χ1) is 17.1. The molecule has 0 aliphatic carbocycles. The zero-order valence-corrected chi connectivity index (χ0v) is 19.4. The molecule has 0 bridgehead atoms. The van der Waals surface area contributed by atoms with Crippen molar-refractivity contribution in [3.8, 4) is 11.5 Å². The van der Waals surface area contributed by atoms with Crippen LogP contribution in [0.25, 0.3) is 0 Å². The minimum atomic E-state index is -0.486. The third kappa shape index (κ3) is 8.12. The number of benzene rings is 3. The second-order valence-corrected chi connectivity index (χ2v) is 7.41. The second-order valence-electron chi connectivity index (χ2n) is 7.41. The predicted molar refractivity (Wildman–Crippen MR) is 133 cm³/mol. The number of carbonyl (C=O) groups excluding carboxylic acids is 3. The fourth-order valence-electron chi connectivity index (χ4n) is 3.07. The molecule has 0 radical (unpaired) electrons. The standard InChI is InChI=1S/C27H27N3O5/c1-2-34-24-18-20(15-16-23(24)35-27(33)22-12-7-4-8-13-22)19-29-30-25(31)14-9-17-28-26(32)21-10-5-3-6-11-21/h3-8,10-13,15-16,18-19H,2,9,14,17H2,1H3,(H,28,32)(H,30,31). The number of hydrogen-bond acceptors (Lipinski definition) is 6. The van der Waals surface area contributed by atoms with E-state index in [1.54, 1.807) is 66.7 Å². The van der Waals surface area contributed by atoms with Crippen molar-refractivity contribution < 1.29 is 23.9 Å². The lowest BCUT2D eigenvalue weighted by Gasteiger charge is -2.11. The number of carbonyl (C=O) groups is 3. The van der Waals surface area contributed by atoms with Crippen molar-refractivity contribution in [1.82, 2.24) is 10.7 Å². The highest BCUT2D eigenvalue weighted by Crippen LogP contribution is 2.29. The monoisotopic (exact) mass is 473 g/mol. The zero-order valence-electron chi connectivity index (χ0n) is 19.4. The average molecular weight is 474 g/mol. The Morgan fingerprint density at radius 1 is 0.886 bits per heavy atom. The van der Waals surface area contributed by atoms with Gasteiger partial charge in [0.25, 0.3) is 5.91 Å². The lowest BCUT2D eigenvalue weighted by atomic mass is 10.2. The molecule has 0 heterocycles. The highest BCUT2D eigenvalue weighted by atomic mass is 16.6. The largest absolute Gasteiger partial charge is 0.490 e. The Kier molecular flexibility index (Phi) is 9.56. The first-order valence-electron chi connectivity index (χ1n) is 11.3. The van der Waals surface area contributed by atoms with E-state index < -0.39 is 5.97 Å². The molecule has 0 aliphatic rings. The molecular formula is C27H27N3O5. The maximum atomic E-state index is 12.3. The Balaban J connectivity index is 1.47. The van der Waals surface area contributed by atoms with Crippen LogP contribution in [0.4, 0.5) is 0 Å². The summed E-state index contributed by atoms with van der Waals surface area (Å²) in [7, 11) is 0. The normalized spacial score (nSPS) is 10.5. The number of hydrogen-bond donors (Lipinski definition) is 2. The molecule has 0 saturated heterocycles. The number of nitrogens with one attached hydrogen (secondary N) is 2. The lowest BCUT2D eigenvalue weighted by Crippen LogP contribution is -2.26. The van der Waals surface area contributed by atoms with Crippen LogP contribution in [0.5, 0.6) is 11.5 Å². The van der Waals surface area contributed by atoms with Crippen molar-refractivity contribution in [1.29, 1.82) is 0 Å². The highest BCUT2D eigenvalue weighted by molar-refractivity contribution is 5.94. The maximum Gasteiger partial charge on any atom is 0.343 e. The summed E-state index contributed by atoms with van der Waals surface area (Å²) in [5.41, 5.74) is 4.13. The van der Waals surface area contributed by atoms with Crippen molar-refractivity contribution in [2.24, 2.45) is 5.10 Å². The minimum Gasteiger partial charge on any atom is -0.490 e. The van der Waals surface area contributed by atoms with Gasteiger partial charge in [0.05, 0.1) is 18.4 Å². The Labute approximate surface area is 204 Å². The Morgan fingerprint density at radius 3 is 2.26 bits per heavy atom. The van der Waals surface area contributed by atoms with Crippen molar-refractivity contribution in [3.05, 3.63) is 95.6 Å². The SMILES string of the molecule is CCOc1cc(C=NNC(=O)CCCNC(=O)c2ccccc2)ccc1OC(=O)c1ccccc1. The number of hydrazone groups is 1. The van der Waals surface area contributed by atoms with Crippen LogP contribution in [0.15, 0.2) is 84.0 Å². The molecule has 0 atom stereocenters. The van der Waals surface area contributed by atoms with Crippen molar-refractivity contribution in [2.75, 3.05) is 13.2 Å². The van der Waals surface area contributed by atoms with Gasteiger partial charge in [-0.2, -0.15) is 5.10 Å². The average Bonchev–Trinajstić information content (AvgIpc) is 2.89. The maximum absolute atomic E-state index is 12.3. The molecule has 0 aliphatic heterocycles.